The molecule has 0 aliphatic carbocycles. The highest BCUT2D eigenvalue weighted by molar-refractivity contribution is 5.86. The van der Waals surface area contributed by atoms with Crippen LogP contribution in [0.15, 0.2) is 0 Å². The van der Waals surface area contributed by atoms with Crippen molar-refractivity contribution in [3.05, 3.63) is 0 Å². The summed E-state index contributed by atoms with van der Waals surface area (Å²) in [5.74, 6) is -3.76. The van der Waals surface area contributed by atoms with Gasteiger partial charge in [-0.2, -0.15) is 0 Å². The van der Waals surface area contributed by atoms with Gasteiger partial charge in [-0.15, -0.1) is 0 Å². The van der Waals surface area contributed by atoms with Gasteiger partial charge in [-0.05, 0) is 39.0 Å². The Morgan fingerprint density at radius 2 is 0.850 bits per heavy atom. The predicted octanol–water partition coefficient (Wildman–Crippen LogP) is 3.83. The molecule has 0 bridgehead atoms. The summed E-state index contributed by atoms with van der Waals surface area (Å²) in [6, 6.07) is -2.46. The summed E-state index contributed by atoms with van der Waals surface area (Å²) in [6.07, 6.45) is 14.3. The zero-order chi connectivity index (χ0) is 30.2. The Balaban J connectivity index is 3.87. The van der Waals surface area contributed by atoms with Crippen molar-refractivity contribution < 1.29 is 44.4 Å². The Bertz CT molecular complexity index is 743. The van der Waals surface area contributed by atoms with Crippen molar-refractivity contribution in [2.24, 2.45) is 0 Å². The van der Waals surface area contributed by atoms with Crippen molar-refractivity contribution >= 4 is 29.5 Å². The Morgan fingerprint density at radius 3 is 1.23 bits per heavy atom. The number of hydrogen-bond acceptors (Lipinski definition) is 7. The molecule has 0 spiro atoms. The van der Waals surface area contributed by atoms with E-state index in [1.54, 1.807) is 0 Å². The van der Waals surface area contributed by atoms with Crippen LogP contribution in [0.1, 0.15) is 135 Å². The number of carbonyl (C=O) groups excluding carboxylic acids is 3. The third kappa shape index (κ3) is 23.4. The number of carboxylic acid groups (broad SMARTS) is 2. The standard InChI is InChI=1S/C29H52N2O9/c1-22(32)18-19-23(28(37)38)31-26(34)21-20-24(29(39)40)30-25(33)16-14-12-10-8-6-4-2-3-5-7-9-11-13-15-17-27(35)36/h23-24,27,35-36H,2-21H2,1H3,(H,30,33)(H,31,34)(H,37,38)(H,39,40). The van der Waals surface area contributed by atoms with Crippen LogP contribution in [0, 0.1) is 0 Å². The lowest BCUT2D eigenvalue weighted by Crippen LogP contribution is -2.44. The van der Waals surface area contributed by atoms with Gasteiger partial charge >= 0.3 is 11.9 Å². The van der Waals surface area contributed by atoms with E-state index in [0.29, 0.717) is 12.8 Å². The van der Waals surface area contributed by atoms with Gasteiger partial charge in [0.1, 0.15) is 17.9 Å². The van der Waals surface area contributed by atoms with Crippen LogP contribution in [0.5, 0.6) is 0 Å². The van der Waals surface area contributed by atoms with Crippen LogP contribution >= 0.6 is 0 Å². The smallest absolute Gasteiger partial charge is 0.326 e. The SMILES string of the molecule is CC(=O)CCC(NC(=O)CCC(NC(=O)CCCCCCCCCCCCCCCCC(O)O)C(=O)O)C(=O)O. The van der Waals surface area contributed by atoms with Gasteiger partial charge < -0.3 is 35.9 Å². The van der Waals surface area contributed by atoms with Gasteiger partial charge in [0.2, 0.25) is 11.8 Å². The lowest BCUT2D eigenvalue weighted by molar-refractivity contribution is -0.143. The molecule has 2 atom stereocenters. The lowest BCUT2D eigenvalue weighted by atomic mass is 10.0. The number of amides is 2. The summed E-state index contributed by atoms with van der Waals surface area (Å²) in [5, 5.41) is 40.9. The van der Waals surface area contributed by atoms with E-state index in [2.05, 4.69) is 10.6 Å². The number of aliphatic hydroxyl groups excluding tert-OH is 1. The van der Waals surface area contributed by atoms with E-state index in [9.17, 15) is 34.2 Å². The highest BCUT2D eigenvalue weighted by Gasteiger charge is 2.24. The number of hydrogen-bond donors (Lipinski definition) is 6. The van der Waals surface area contributed by atoms with E-state index in [1.807, 2.05) is 0 Å². The minimum atomic E-state index is -1.27. The molecule has 6 N–H and O–H groups in total. The first-order valence-corrected chi connectivity index (χ1v) is 14.9. The molecule has 11 heteroatoms. The first kappa shape index (κ1) is 37.5. The molecule has 0 fully saturated rings. The molecule has 2 unspecified atom stereocenters. The van der Waals surface area contributed by atoms with Crippen molar-refractivity contribution in [1.82, 2.24) is 10.6 Å². The highest BCUT2D eigenvalue weighted by Crippen LogP contribution is 2.14. The zero-order valence-corrected chi connectivity index (χ0v) is 24.2. The van der Waals surface area contributed by atoms with Gasteiger partial charge in [-0.25, -0.2) is 9.59 Å². The Labute approximate surface area is 238 Å². The molecule has 0 heterocycles. The average molecular weight is 573 g/mol. The van der Waals surface area contributed by atoms with Crippen LogP contribution in [0.3, 0.4) is 0 Å². The summed E-state index contributed by atoms with van der Waals surface area (Å²) in [4.78, 5) is 58.1. The molecule has 0 saturated carbocycles. The average Bonchev–Trinajstić information content (AvgIpc) is 2.87. The van der Waals surface area contributed by atoms with E-state index in [-0.39, 0.29) is 43.8 Å². The van der Waals surface area contributed by atoms with Gasteiger partial charge in [-0.1, -0.05) is 77.0 Å². The maximum Gasteiger partial charge on any atom is 0.326 e. The van der Waals surface area contributed by atoms with Gasteiger partial charge in [-0.3, -0.25) is 9.59 Å². The molecule has 0 saturated heterocycles. The van der Waals surface area contributed by atoms with E-state index < -0.39 is 36.2 Å². The number of carbonyl (C=O) groups is 5. The van der Waals surface area contributed by atoms with Crippen LogP contribution in [0.4, 0.5) is 0 Å². The monoisotopic (exact) mass is 572 g/mol. The molecular weight excluding hydrogens is 520 g/mol. The maximum atomic E-state index is 12.2. The third-order valence-corrected chi connectivity index (χ3v) is 6.83. The first-order valence-electron chi connectivity index (χ1n) is 14.9. The minimum Gasteiger partial charge on any atom is -0.480 e. The van der Waals surface area contributed by atoms with E-state index >= 15 is 0 Å². The predicted molar refractivity (Wildman–Crippen MR) is 150 cm³/mol. The maximum absolute atomic E-state index is 12.2. The molecule has 40 heavy (non-hydrogen) atoms. The van der Waals surface area contributed by atoms with Crippen molar-refractivity contribution in [3.63, 3.8) is 0 Å². The van der Waals surface area contributed by atoms with Crippen molar-refractivity contribution in [2.45, 2.75) is 154 Å². The van der Waals surface area contributed by atoms with Gasteiger partial charge in [0.15, 0.2) is 6.29 Å². The summed E-state index contributed by atoms with van der Waals surface area (Å²) in [5.41, 5.74) is 0. The fourth-order valence-corrected chi connectivity index (χ4v) is 4.40. The summed E-state index contributed by atoms with van der Waals surface area (Å²) in [7, 11) is 0. The number of ketones is 1. The molecule has 0 aliphatic rings. The molecule has 0 rings (SSSR count). The molecule has 2 amide bonds. The number of Topliss-reactive ketones (excluding diaryl/α,β-unsaturated/α-hetero) is 1. The number of rotatable bonds is 27. The second-order valence-corrected chi connectivity index (χ2v) is 10.7. The Kier molecular flexibility index (Phi) is 22.7. The number of nitrogens with one attached hydrogen (secondary N) is 2. The topological polar surface area (TPSA) is 190 Å². The fraction of sp³-hybridized carbons (Fsp3) is 0.828. The summed E-state index contributed by atoms with van der Waals surface area (Å²) < 4.78 is 0. The van der Waals surface area contributed by atoms with E-state index in [4.69, 9.17) is 10.2 Å². The Morgan fingerprint density at radius 1 is 0.500 bits per heavy atom. The second-order valence-electron chi connectivity index (χ2n) is 10.7. The van der Waals surface area contributed by atoms with Crippen LogP contribution in [0.25, 0.3) is 0 Å². The number of carboxylic acids is 2. The van der Waals surface area contributed by atoms with Gasteiger partial charge in [0.25, 0.3) is 0 Å². The van der Waals surface area contributed by atoms with Crippen LogP contribution < -0.4 is 10.6 Å². The quantitative estimate of drug-likeness (QED) is 0.0627. The van der Waals surface area contributed by atoms with Crippen LogP contribution in [0.2, 0.25) is 0 Å². The summed E-state index contributed by atoms with van der Waals surface area (Å²) in [6.45, 7) is 1.33. The van der Waals surface area contributed by atoms with Crippen molar-refractivity contribution in [1.29, 1.82) is 0 Å². The van der Waals surface area contributed by atoms with Gasteiger partial charge in [0.05, 0.1) is 0 Å². The number of aliphatic carboxylic acids is 2. The molecule has 0 aromatic heterocycles. The van der Waals surface area contributed by atoms with E-state index in [1.165, 1.54) is 45.4 Å². The number of aliphatic hydroxyl groups is 2. The fourth-order valence-electron chi connectivity index (χ4n) is 4.40. The van der Waals surface area contributed by atoms with Crippen molar-refractivity contribution in [2.75, 3.05) is 0 Å². The second kappa shape index (κ2) is 24.3. The van der Waals surface area contributed by atoms with Crippen LogP contribution in [-0.2, 0) is 24.0 Å². The lowest BCUT2D eigenvalue weighted by Gasteiger charge is -2.16. The molecule has 0 aliphatic heterocycles. The minimum absolute atomic E-state index is 0.00765. The van der Waals surface area contributed by atoms with Crippen molar-refractivity contribution in [3.8, 4) is 0 Å². The molecule has 11 nitrogen and oxygen atoms in total. The molecule has 232 valence electrons. The summed E-state index contributed by atoms with van der Waals surface area (Å²) >= 11 is 0. The molecule has 0 aromatic rings. The molecule has 0 radical (unpaired) electrons. The number of unbranched alkanes of at least 4 members (excludes halogenated alkanes) is 13. The first-order chi connectivity index (χ1) is 19.0. The zero-order valence-electron chi connectivity index (χ0n) is 24.2. The van der Waals surface area contributed by atoms with Crippen LogP contribution in [-0.4, -0.2) is 68.3 Å². The third-order valence-electron chi connectivity index (χ3n) is 6.83. The molecule has 0 aromatic carbocycles. The highest BCUT2D eigenvalue weighted by atomic mass is 16.5. The largest absolute Gasteiger partial charge is 0.480 e. The van der Waals surface area contributed by atoms with Gasteiger partial charge in [0, 0.05) is 19.3 Å². The van der Waals surface area contributed by atoms with E-state index in [0.717, 1.165) is 44.9 Å². The molecular formula is C29H52N2O9. The Hall–Kier alpha value is -2.53. The normalized spacial score (nSPS) is 12.6.